The van der Waals surface area contributed by atoms with E-state index in [0.29, 0.717) is 5.76 Å². The summed E-state index contributed by atoms with van der Waals surface area (Å²) in [5.41, 5.74) is 0.803. The fourth-order valence-electron chi connectivity index (χ4n) is 2.71. The summed E-state index contributed by atoms with van der Waals surface area (Å²) in [7, 11) is 0. The minimum absolute atomic E-state index is 0.156. The number of hydrogen-bond acceptors (Lipinski definition) is 4. The Hall–Kier alpha value is -3.60. The Morgan fingerprint density at radius 2 is 1.74 bits per heavy atom. The van der Waals surface area contributed by atoms with Crippen LogP contribution in [0.3, 0.4) is 0 Å². The first-order chi connectivity index (χ1) is 13.3. The zero-order chi connectivity index (χ0) is 18.5. The monoisotopic (exact) mass is 360 g/mol. The first-order valence-corrected chi connectivity index (χ1v) is 8.61. The number of rotatable bonds is 6. The SMILES string of the molecule is O=C(OCc1cccc[nH+]1)c1ccc(COc2ccc3ccccc3c2)o1. The summed E-state index contributed by atoms with van der Waals surface area (Å²) in [6.45, 7) is 0.390. The molecule has 2 aromatic heterocycles. The number of furan rings is 1. The molecule has 0 saturated heterocycles. The maximum atomic E-state index is 12.1. The average Bonchev–Trinajstić information content (AvgIpc) is 3.20. The van der Waals surface area contributed by atoms with Crippen LogP contribution in [0.15, 0.2) is 83.4 Å². The van der Waals surface area contributed by atoms with Crippen LogP contribution in [-0.2, 0) is 18.0 Å². The number of nitrogens with one attached hydrogen (secondary N) is 1. The van der Waals surface area contributed by atoms with Gasteiger partial charge in [0, 0.05) is 12.1 Å². The number of fused-ring (bicyclic) bond motifs is 1. The second kappa shape index (κ2) is 7.74. The second-order valence-electron chi connectivity index (χ2n) is 6.03. The quantitative estimate of drug-likeness (QED) is 0.484. The Labute approximate surface area is 156 Å². The summed E-state index contributed by atoms with van der Waals surface area (Å²) in [6, 6.07) is 22.9. The number of pyridine rings is 1. The third kappa shape index (κ3) is 4.15. The van der Waals surface area contributed by atoms with Gasteiger partial charge in [0.2, 0.25) is 11.5 Å². The molecular formula is C22H18NO4+. The maximum Gasteiger partial charge on any atom is 0.374 e. The number of esters is 1. The molecular weight excluding hydrogens is 342 g/mol. The Bertz CT molecular complexity index is 1060. The van der Waals surface area contributed by atoms with E-state index in [9.17, 15) is 4.79 Å². The number of carbonyl (C=O) groups is 1. The van der Waals surface area contributed by atoms with Gasteiger partial charge in [0.25, 0.3) is 0 Å². The zero-order valence-corrected chi connectivity index (χ0v) is 14.6. The lowest BCUT2D eigenvalue weighted by Gasteiger charge is -2.05. The van der Waals surface area contributed by atoms with Gasteiger partial charge in [-0.1, -0.05) is 30.3 Å². The van der Waals surface area contributed by atoms with E-state index in [4.69, 9.17) is 13.9 Å². The van der Waals surface area contributed by atoms with Crippen LogP contribution in [0.4, 0.5) is 0 Å². The van der Waals surface area contributed by atoms with E-state index in [2.05, 4.69) is 11.1 Å². The average molecular weight is 360 g/mol. The van der Waals surface area contributed by atoms with Crippen molar-refractivity contribution in [3.8, 4) is 5.75 Å². The van der Waals surface area contributed by atoms with Crippen LogP contribution in [0.25, 0.3) is 10.8 Å². The summed E-state index contributed by atoms with van der Waals surface area (Å²) >= 11 is 0. The third-order valence-corrected chi connectivity index (χ3v) is 4.10. The van der Waals surface area contributed by atoms with E-state index in [1.54, 1.807) is 18.3 Å². The van der Waals surface area contributed by atoms with Crippen LogP contribution >= 0.6 is 0 Å². The number of aromatic amines is 1. The van der Waals surface area contributed by atoms with Crippen LogP contribution in [0, 0.1) is 0 Å². The molecule has 0 aliphatic carbocycles. The molecule has 134 valence electrons. The van der Waals surface area contributed by atoms with Crippen molar-refractivity contribution in [2.45, 2.75) is 13.2 Å². The third-order valence-electron chi connectivity index (χ3n) is 4.10. The topological polar surface area (TPSA) is 62.8 Å². The van der Waals surface area contributed by atoms with Crippen LogP contribution in [0.2, 0.25) is 0 Å². The fourth-order valence-corrected chi connectivity index (χ4v) is 2.71. The Morgan fingerprint density at radius 3 is 2.59 bits per heavy atom. The van der Waals surface area contributed by atoms with Gasteiger partial charge in [-0.3, -0.25) is 0 Å². The van der Waals surface area contributed by atoms with Crippen LogP contribution in [0.1, 0.15) is 22.0 Å². The van der Waals surface area contributed by atoms with Crippen LogP contribution in [0.5, 0.6) is 5.75 Å². The predicted molar refractivity (Wildman–Crippen MR) is 99.1 cm³/mol. The van der Waals surface area contributed by atoms with Crippen molar-refractivity contribution < 1.29 is 23.7 Å². The highest BCUT2D eigenvalue weighted by Gasteiger charge is 2.14. The highest BCUT2D eigenvalue weighted by Crippen LogP contribution is 2.22. The van der Waals surface area contributed by atoms with E-state index in [0.717, 1.165) is 22.2 Å². The molecule has 0 radical (unpaired) electrons. The predicted octanol–water partition coefficient (Wildman–Crippen LogP) is 4.18. The largest absolute Gasteiger partial charge is 0.486 e. The first kappa shape index (κ1) is 16.8. The summed E-state index contributed by atoms with van der Waals surface area (Å²) in [5, 5.41) is 2.26. The fraction of sp³-hybridized carbons (Fsp3) is 0.0909. The smallest absolute Gasteiger partial charge is 0.374 e. The minimum Gasteiger partial charge on any atom is -0.486 e. The van der Waals surface area contributed by atoms with E-state index in [-0.39, 0.29) is 19.0 Å². The van der Waals surface area contributed by atoms with Gasteiger partial charge in [0.1, 0.15) is 18.1 Å². The molecule has 0 atom stereocenters. The van der Waals surface area contributed by atoms with Gasteiger partial charge >= 0.3 is 5.97 Å². The van der Waals surface area contributed by atoms with E-state index in [1.165, 1.54) is 0 Å². The molecule has 27 heavy (non-hydrogen) atoms. The van der Waals surface area contributed by atoms with Gasteiger partial charge in [0.05, 0.1) is 0 Å². The molecule has 4 rings (SSSR count). The molecule has 5 heteroatoms. The zero-order valence-electron chi connectivity index (χ0n) is 14.6. The van der Waals surface area contributed by atoms with Crippen molar-refractivity contribution in [3.63, 3.8) is 0 Å². The van der Waals surface area contributed by atoms with Crippen molar-refractivity contribution in [1.82, 2.24) is 0 Å². The first-order valence-electron chi connectivity index (χ1n) is 8.61. The maximum absolute atomic E-state index is 12.1. The van der Waals surface area contributed by atoms with Gasteiger partial charge in [-0.25, -0.2) is 9.78 Å². The van der Waals surface area contributed by atoms with Crippen molar-refractivity contribution in [1.29, 1.82) is 0 Å². The molecule has 1 N–H and O–H groups in total. The molecule has 4 aromatic rings. The lowest BCUT2D eigenvalue weighted by molar-refractivity contribution is -0.394. The van der Waals surface area contributed by atoms with E-state index < -0.39 is 5.97 Å². The molecule has 2 heterocycles. The number of aromatic nitrogens is 1. The van der Waals surface area contributed by atoms with E-state index >= 15 is 0 Å². The Balaban J connectivity index is 1.35. The molecule has 0 bridgehead atoms. The van der Waals surface area contributed by atoms with Crippen molar-refractivity contribution in [2.24, 2.45) is 0 Å². The summed E-state index contributed by atoms with van der Waals surface area (Å²) in [5.74, 6) is 0.947. The molecule has 0 aliphatic heterocycles. The number of hydrogen-bond donors (Lipinski definition) is 0. The molecule has 0 unspecified atom stereocenters. The normalized spacial score (nSPS) is 10.7. The van der Waals surface area contributed by atoms with Gasteiger partial charge in [-0.2, -0.15) is 0 Å². The summed E-state index contributed by atoms with van der Waals surface area (Å²) in [4.78, 5) is 15.1. The summed E-state index contributed by atoms with van der Waals surface area (Å²) in [6.07, 6.45) is 1.78. The number of carbonyl (C=O) groups excluding carboxylic acids is 1. The highest BCUT2D eigenvalue weighted by atomic mass is 16.5. The summed E-state index contributed by atoms with van der Waals surface area (Å²) < 4.78 is 16.5. The van der Waals surface area contributed by atoms with Crippen LogP contribution < -0.4 is 9.72 Å². The molecule has 0 aliphatic rings. The van der Waals surface area contributed by atoms with E-state index in [1.807, 2.05) is 54.6 Å². The molecule has 0 spiro atoms. The molecule has 0 amide bonds. The minimum atomic E-state index is -0.510. The molecule has 5 nitrogen and oxygen atoms in total. The number of H-pyrrole nitrogens is 1. The standard InChI is InChI=1S/C22H17NO4/c24-22(26-14-18-7-3-4-12-23-18)21-11-10-20(27-21)15-25-19-9-8-16-5-1-2-6-17(16)13-19/h1-13H,14-15H2/p+1. The molecule has 2 aromatic carbocycles. The molecule has 0 saturated carbocycles. The highest BCUT2D eigenvalue weighted by molar-refractivity contribution is 5.86. The van der Waals surface area contributed by atoms with Crippen molar-refractivity contribution in [3.05, 3.63) is 96.2 Å². The van der Waals surface area contributed by atoms with Crippen molar-refractivity contribution >= 4 is 16.7 Å². The van der Waals surface area contributed by atoms with Crippen molar-refractivity contribution in [2.75, 3.05) is 0 Å². The molecule has 0 fully saturated rings. The van der Waals surface area contributed by atoms with Crippen LogP contribution in [-0.4, -0.2) is 5.97 Å². The second-order valence-corrected chi connectivity index (χ2v) is 6.03. The lowest BCUT2D eigenvalue weighted by atomic mass is 10.1. The Morgan fingerprint density at radius 1 is 0.889 bits per heavy atom. The van der Waals surface area contributed by atoms with Gasteiger partial charge in [-0.05, 0) is 41.1 Å². The number of ether oxygens (including phenoxy) is 2. The van der Waals surface area contributed by atoms with Gasteiger partial charge < -0.3 is 13.9 Å². The lowest BCUT2D eigenvalue weighted by Crippen LogP contribution is -2.13. The van der Waals surface area contributed by atoms with Gasteiger partial charge in [-0.15, -0.1) is 0 Å². The Kier molecular flexibility index (Phi) is 4.83. The number of benzene rings is 2. The van der Waals surface area contributed by atoms with Gasteiger partial charge in [0.15, 0.2) is 12.8 Å².